The number of rotatable bonds is 4. The summed E-state index contributed by atoms with van der Waals surface area (Å²) in [5.74, 6) is 0. The summed E-state index contributed by atoms with van der Waals surface area (Å²) in [6.07, 6.45) is 5.37. The van der Waals surface area contributed by atoms with Gasteiger partial charge >= 0.3 is 0 Å². The van der Waals surface area contributed by atoms with Crippen LogP contribution in [0.25, 0.3) is 94.3 Å². The van der Waals surface area contributed by atoms with Crippen molar-refractivity contribution in [1.29, 1.82) is 0 Å². The zero-order valence-electron chi connectivity index (χ0n) is 26.8. The molecule has 6 aromatic carbocycles. The van der Waals surface area contributed by atoms with Gasteiger partial charge in [0.15, 0.2) is 0 Å². The SMILES string of the molecule is Cc1c(/C=C\N)ccc2c1oc1ncc(-n3c4ccccc4c4cc(-c5ccc6c(c5)c5ccccc5n6-c5ccccc5)ccc43)cc12. The average molecular weight is 631 g/mol. The number of nitrogens with two attached hydrogens (primary N) is 1. The summed E-state index contributed by atoms with van der Waals surface area (Å²) in [6, 6.07) is 47.9. The molecule has 0 amide bonds. The number of furan rings is 1. The highest BCUT2D eigenvalue weighted by atomic mass is 16.3. The molecular formula is C44H30N4O. The molecular weight excluding hydrogens is 601 g/mol. The molecule has 0 bridgehead atoms. The Kier molecular flexibility index (Phi) is 5.87. The van der Waals surface area contributed by atoms with Crippen molar-refractivity contribution in [3.05, 3.63) is 157 Å². The molecule has 0 aliphatic rings. The maximum Gasteiger partial charge on any atom is 0.227 e. The van der Waals surface area contributed by atoms with Crippen LogP contribution in [-0.2, 0) is 0 Å². The van der Waals surface area contributed by atoms with E-state index in [0.29, 0.717) is 5.71 Å². The first kappa shape index (κ1) is 27.5. The third-order valence-electron chi connectivity index (χ3n) is 10.0. The summed E-state index contributed by atoms with van der Waals surface area (Å²) >= 11 is 0. The smallest absolute Gasteiger partial charge is 0.227 e. The topological polar surface area (TPSA) is 61.9 Å². The highest BCUT2D eigenvalue weighted by Gasteiger charge is 2.18. The van der Waals surface area contributed by atoms with E-state index >= 15 is 0 Å². The van der Waals surface area contributed by atoms with Crippen molar-refractivity contribution in [3.8, 4) is 22.5 Å². The molecule has 0 aliphatic heterocycles. The lowest BCUT2D eigenvalue weighted by Gasteiger charge is -2.09. The van der Waals surface area contributed by atoms with Gasteiger partial charge in [-0.25, -0.2) is 4.98 Å². The fourth-order valence-electron chi connectivity index (χ4n) is 7.71. The van der Waals surface area contributed by atoms with Gasteiger partial charge in [-0.05, 0) is 102 Å². The van der Waals surface area contributed by atoms with E-state index in [0.717, 1.165) is 49.9 Å². The third-order valence-corrected chi connectivity index (χ3v) is 10.0. The van der Waals surface area contributed by atoms with Gasteiger partial charge in [-0.2, -0.15) is 0 Å². The lowest BCUT2D eigenvalue weighted by molar-refractivity contribution is 0.651. The minimum absolute atomic E-state index is 0.628. The van der Waals surface area contributed by atoms with Crippen LogP contribution < -0.4 is 5.73 Å². The Morgan fingerprint density at radius 3 is 1.80 bits per heavy atom. The van der Waals surface area contributed by atoms with Crippen LogP contribution in [0.5, 0.6) is 0 Å². The second-order valence-corrected chi connectivity index (χ2v) is 12.7. The van der Waals surface area contributed by atoms with E-state index in [-0.39, 0.29) is 0 Å². The van der Waals surface area contributed by atoms with E-state index in [2.05, 4.69) is 150 Å². The second kappa shape index (κ2) is 10.5. The molecule has 0 aliphatic carbocycles. The number of pyridine rings is 1. The summed E-state index contributed by atoms with van der Waals surface area (Å²) in [6.45, 7) is 2.06. The molecule has 0 atom stereocenters. The number of aryl methyl sites for hydroxylation is 1. The number of aromatic nitrogens is 3. The second-order valence-electron chi connectivity index (χ2n) is 12.7. The van der Waals surface area contributed by atoms with Gasteiger partial charge in [0.25, 0.3) is 0 Å². The Morgan fingerprint density at radius 2 is 1.14 bits per heavy atom. The maximum atomic E-state index is 6.27. The Balaban J connectivity index is 1.15. The van der Waals surface area contributed by atoms with Gasteiger partial charge in [-0.3, -0.25) is 0 Å². The van der Waals surface area contributed by atoms with Crippen LogP contribution >= 0.6 is 0 Å². The molecule has 0 saturated heterocycles. The number of para-hydroxylation sites is 3. The highest BCUT2D eigenvalue weighted by Crippen LogP contribution is 2.39. The zero-order valence-corrected chi connectivity index (χ0v) is 26.8. The number of nitrogens with zero attached hydrogens (tertiary/aromatic N) is 3. The van der Waals surface area contributed by atoms with E-state index in [9.17, 15) is 0 Å². The van der Waals surface area contributed by atoms with E-state index in [1.54, 1.807) is 6.20 Å². The van der Waals surface area contributed by atoms with Crippen molar-refractivity contribution in [1.82, 2.24) is 14.1 Å². The van der Waals surface area contributed by atoms with E-state index in [4.69, 9.17) is 15.1 Å². The first-order valence-corrected chi connectivity index (χ1v) is 16.5. The summed E-state index contributed by atoms with van der Waals surface area (Å²) in [4.78, 5) is 4.82. The Bertz CT molecular complexity index is 2960. The lowest BCUT2D eigenvalue weighted by Crippen LogP contribution is -1.94. The van der Waals surface area contributed by atoms with Gasteiger partial charge in [0.1, 0.15) is 5.58 Å². The van der Waals surface area contributed by atoms with Crippen molar-refractivity contribution in [2.75, 3.05) is 0 Å². The molecule has 49 heavy (non-hydrogen) atoms. The van der Waals surface area contributed by atoms with Crippen molar-refractivity contribution in [3.63, 3.8) is 0 Å². The number of fused-ring (bicyclic) bond motifs is 9. The molecule has 0 unspecified atom stereocenters. The van der Waals surface area contributed by atoms with Crippen molar-refractivity contribution in [2.45, 2.75) is 6.92 Å². The predicted octanol–water partition coefficient (Wildman–Crippen LogP) is 11.1. The van der Waals surface area contributed by atoms with Crippen LogP contribution in [-0.4, -0.2) is 14.1 Å². The number of benzene rings is 6. The molecule has 10 rings (SSSR count). The molecule has 4 aromatic heterocycles. The molecule has 0 saturated carbocycles. The Morgan fingerprint density at radius 1 is 0.551 bits per heavy atom. The van der Waals surface area contributed by atoms with Gasteiger partial charge in [0.05, 0.1) is 39.3 Å². The summed E-state index contributed by atoms with van der Waals surface area (Å²) < 4.78 is 10.9. The number of hydrogen-bond donors (Lipinski definition) is 1. The average Bonchev–Trinajstić information content (AvgIpc) is 3.80. The Labute approximate surface area is 281 Å². The van der Waals surface area contributed by atoms with Crippen molar-refractivity contribution < 1.29 is 4.42 Å². The molecule has 0 radical (unpaired) electrons. The fourth-order valence-corrected chi connectivity index (χ4v) is 7.71. The number of hydrogen-bond acceptors (Lipinski definition) is 3. The van der Waals surface area contributed by atoms with Crippen LogP contribution in [0.1, 0.15) is 11.1 Å². The van der Waals surface area contributed by atoms with Crippen molar-refractivity contribution >= 4 is 71.8 Å². The largest absolute Gasteiger partial charge is 0.437 e. The van der Waals surface area contributed by atoms with Crippen LogP contribution in [0.15, 0.2) is 150 Å². The van der Waals surface area contributed by atoms with E-state index < -0.39 is 0 Å². The van der Waals surface area contributed by atoms with E-state index in [1.807, 2.05) is 12.3 Å². The fraction of sp³-hybridized carbons (Fsp3) is 0.0227. The van der Waals surface area contributed by atoms with Gasteiger partial charge < -0.3 is 19.3 Å². The molecule has 10 aromatic rings. The van der Waals surface area contributed by atoms with Gasteiger partial charge in [0, 0.05) is 32.6 Å². The van der Waals surface area contributed by atoms with Crippen LogP contribution in [0, 0.1) is 6.92 Å². The minimum Gasteiger partial charge on any atom is -0.437 e. The molecule has 2 N–H and O–H groups in total. The monoisotopic (exact) mass is 630 g/mol. The molecule has 232 valence electrons. The standard InChI is InChI=1S/C44H30N4O/c1-27-28(21-22-45)15-18-35-38-25-32(26-46-44(38)49-43(27)35)48-40-14-8-6-12-34(40)37-24-30(17-20-42(37)48)29-16-19-41-36(23-29)33-11-5-7-13-39(33)47(41)31-9-3-2-4-10-31/h2-26H,45H2,1H3/b22-21-. The van der Waals surface area contributed by atoms with Crippen LogP contribution in [0.4, 0.5) is 0 Å². The van der Waals surface area contributed by atoms with Crippen LogP contribution in [0.2, 0.25) is 0 Å². The third kappa shape index (κ3) is 4.02. The van der Waals surface area contributed by atoms with Crippen LogP contribution in [0.3, 0.4) is 0 Å². The lowest BCUT2D eigenvalue weighted by atomic mass is 10.0. The molecule has 5 nitrogen and oxygen atoms in total. The molecule has 4 heterocycles. The quantitative estimate of drug-likeness (QED) is 0.210. The maximum absolute atomic E-state index is 6.27. The van der Waals surface area contributed by atoms with Gasteiger partial charge in [0.2, 0.25) is 5.71 Å². The normalized spacial score (nSPS) is 12.2. The summed E-state index contributed by atoms with van der Waals surface area (Å²) in [7, 11) is 0. The van der Waals surface area contributed by atoms with Gasteiger partial charge in [-0.1, -0.05) is 72.8 Å². The molecule has 0 spiro atoms. The summed E-state index contributed by atoms with van der Waals surface area (Å²) in [5, 5.41) is 6.93. The highest BCUT2D eigenvalue weighted by molar-refractivity contribution is 6.13. The van der Waals surface area contributed by atoms with Crippen molar-refractivity contribution in [2.24, 2.45) is 5.73 Å². The first-order valence-electron chi connectivity index (χ1n) is 16.5. The zero-order chi connectivity index (χ0) is 32.6. The summed E-state index contributed by atoms with van der Waals surface area (Å²) in [5.41, 5.74) is 18.4. The van der Waals surface area contributed by atoms with Gasteiger partial charge in [-0.15, -0.1) is 0 Å². The minimum atomic E-state index is 0.628. The molecule has 5 heteroatoms. The molecule has 0 fully saturated rings. The van der Waals surface area contributed by atoms with E-state index in [1.165, 1.54) is 43.7 Å². The predicted molar refractivity (Wildman–Crippen MR) is 204 cm³/mol. The first-order chi connectivity index (χ1) is 24.2. The Hall–Kier alpha value is -6.59.